The van der Waals surface area contributed by atoms with Crippen LogP contribution in [0.2, 0.25) is 0 Å². The molecule has 1 aromatic rings. The molecular weight excluding hydrogens is 216 g/mol. The van der Waals surface area contributed by atoms with E-state index in [9.17, 15) is 0 Å². The Bertz CT molecular complexity index is 392. The molecule has 0 aliphatic heterocycles. The van der Waals surface area contributed by atoms with Crippen LogP contribution in [0, 0.1) is 13.8 Å². The van der Waals surface area contributed by atoms with Crippen LogP contribution in [0.3, 0.4) is 0 Å². The SMILES string of the molecule is Cc1cccc(C)c1CCCCC1=CCCCC1. The second-order valence-corrected chi connectivity index (χ2v) is 5.69. The van der Waals surface area contributed by atoms with Gasteiger partial charge in [-0.15, -0.1) is 0 Å². The molecule has 98 valence electrons. The lowest BCUT2D eigenvalue weighted by molar-refractivity contribution is 0.642. The number of hydrogen-bond donors (Lipinski definition) is 0. The van der Waals surface area contributed by atoms with Gasteiger partial charge in [-0.3, -0.25) is 0 Å². The van der Waals surface area contributed by atoms with Crippen molar-refractivity contribution < 1.29 is 0 Å². The Kier molecular flexibility index (Phi) is 5.04. The molecule has 0 spiro atoms. The van der Waals surface area contributed by atoms with Gasteiger partial charge in [0.2, 0.25) is 0 Å². The zero-order valence-electron chi connectivity index (χ0n) is 12.0. The van der Waals surface area contributed by atoms with Gasteiger partial charge >= 0.3 is 0 Å². The molecule has 18 heavy (non-hydrogen) atoms. The van der Waals surface area contributed by atoms with Crippen molar-refractivity contribution in [3.63, 3.8) is 0 Å². The molecule has 1 aliphatic carbocycles. The Labute approximate surface area is 112 Å². The summed E-state index contributed by atoms with van der Waals surface area (Å²) in [6.45, 7) is 4.48. The van der Waals surface area contributed by atoms with E-state index in [4.69, 9.17) is 0 Å². The van der Waals surface area contributed by atoms with Gasteiger partial charge in [-0.2, -0.15) is 0 Å². The van der Waals surface area contributed by atoms with Gasteiger partial charge in [0, 0.05) is 0 Å². The molecule has 0 saturated carbocycles. The van der Waals surface area contributed by atoms with Crippen molar-refractivity contribution in [3.05, 3.63) is 46.5 Å². The fourth-order valence-corrected chi connectivity index (χ4v) is 3.03. The van der Waals surface area contributed by atoms with E-state index >= 15 is 0 Å². The predicted molar refractivity (Wildman–Crippen MR) is 80.0 cm³/mol. The average Bonchev–Trinajstić information content (AvgIpc) is 2.38. The van der Waals surface area contributed by atoms with Crippen LogP contribution >= 0.6 is 0 Å². The molecule has 0 unspecified atom stereocenters. The topological polar surface area (TPSA) is 0 Å². The van der Waals surface area contributed by atoms with Crippen LogP contribution in [0.4, 0.5) is 0 Å². The zero-order valence-corrected chi connectivity index (χ0v) is 12.0. The lowest BCUT2D eigenvalue weighted by Crippen LogP contribution is -1.96. The Balaban J connectivity index is 1.76. The molecule has 0 radical (unpaired) electrons. The molecule has 0 nitrogen and oxygen atoms in total. The average molecular weight is 242 g/mol. The Hall–Kier alpha value is -1.04. The maximum atomic E-state index is 2.49. The van der Waals surface area contributed by atoms with Crippen LogP contribution < -0.4 is 0 Å². The first-order chi connectivity index (χ1) is 8.77. The first-order valence-corrected chi connectivity index (χ1v) is 7.50. The van der Waals surface area contributed by atoms with Crippen LogP contribution in [0.15, 0.2) is 29.8 Å². The van der Waals surface area contributed by atoms with Gasteiger partial charge in [0.25, 0.3) is 0 Å². The lowest BCUT2D eigenvalue weighted by atomic mass is 9.93. The maximum Gasteiger partial charge on any atom is -0.0274 e. The summed E-state index contributed by atoms with van der Waals surface area (Å²) < 4.78 is 0. The van der Waals surface area contributed by atoms with E-state index < -0.39 is 0 Å². The summed E-state index contributed by atoms with van der Waals surface area (Å²) in [5.41, 5.74) is 6.23. The Morgan fingerprint density at radius 2 is 1.67 bits per heavy atom. The molecule has 0 aromatic heterocycles. The van der Waals surface area contributed by atoms with E-state index in [1.807, 2.05) is 0 Å². The summed E-state index contributed by atoms with van der Waals surface area (Å²) in [5.74, 6) is 0. The van der Waals surface area contributed by atoms with E-state index in [1.165, 1.54) is 62.5 Å². The highest BCUT2D eigenvalue weighted by Crippen LogP contribution is 2.23. The number of unbranched alkanes of at least 4 members (excludes halogenated alkanes) is 1. The summed E-state index contributed by atoms with van der Waals surface area (Å²) in [6, 6.07) is 6.65. The summed E-state index contributed by atoms with van der Waals surface area (Å²) in [6.07, 6.45) is 13.3. The van der Waals surface area contributed by atoms with E-state index in [-0.39, 0.29) is 0 Å². The van der Waals surface area contributed by atoms with Crippen LogP contribution in [0.25, 0.3) is 0 Å². The maximum absolute atomic E-state index is 2.49. The van der Waals surface area contributed by atoms with Crippen molar-refractivity contribution in [3.8, 4) is 0 Å². The third-order valence-corrected chi connectivity index (χ3v) is 4.20. The zero-order chi connectivity index (χ0) is 12.8. The van der Waals surface area contributed by atoms with Gasteiger partial charge < -0.3 is 0 Å². The minimum atomic E-state index is 1.26. The van der Waals surface area contributed by atoms with Crippen molar-refractivity contribution in [1.82, 2.24) is 0 Å². The Morgan fingerprint density at radius 1 is 0.944 bits per heavy atom. The van der Waals surface area contributed by atoms with E-state index in [0.29, 0.717) is 0 Å². The quantitative estimate of drug-likeness (QED) is 0.471. The fraction of sp³-hybridized carbons (Fsp3) is 0.556. The molecule has 0 fully saturated rings. The van der Waals surface area contributed by atoms with Crippen LogP contribution in [-0.2, 0) is 6.42 Å². The molecule has 0 bridgehead atoms. The molecule has 1 aromatic carbocycles. The smallest absolute Gasteiger partial charge is 0.0274 e. The second kappa shape index (κ2) is 6.78. The van der Waals surface area contributed by atoms with Crippen molar-refractivity contribution in [2.24, 2.45) is 0 Å². The summed E-state index contributed by atoms with van der Waals surface area (Å²) in [5, 5.41) is 0. The highest BCUT2D eigenvalue weighted by atomic mass is 14.1. The number of benzene rings is 1. The van der Waals surface area contributed by atoms with Gasteiger partial charge in [-0.1, -0.05) is 29.8 Å². The number of allylic oxidation sites excluding steroid dienone is 2. The molecule has 0 heterocycles. The summed E-state index contributed by atoms with van der Waals surface area (Å²) in [4.78, 5) is 0. The number of hydrogen-bond acceptors (Lipinski definition) is 0. The monoisotopic (exact) mass is 242 g/mol. The molecule has 0 N–H and O–H groups in total. The van der Waals surface area contributed by atoms with Gasteiger partial charge in [0.15, 0.2) is 0 Å². The summed E-state index contributed by atoms with van der Waals surface area (Å²) in [7, 11) is 0. The third-order valence-electron chi connectivity index (χ3n) is 4.20. The molecule has 0 atom stereocenters. The van der Waals surface area contributed by atoms with Crippen molar-refractivity contribution in [2.45, 2.75) is 65.2 Å². The van der Waals surface area contributed by atoms with Crippen LogP contribution in [0.1, 0.15) is 61.6 Å². The molecule has 1 aliphatic rings. The van der Waals surface area contributed by atoms with E-state index in [1.54, 1.807) is 11.1 Å². The van der Waals surface area contributed by atoms with Gasteiger partial charge in [-0.25, -0.2) is 0 Å². The van der Waals surface area contributed by atoms with Gasteiger partial charge in [-0.05, 0) is 81.9 Å². The van der Waals surface area contributed by atoms with Gasteiger partial charge in [0.05, 0.1) is 0 Å². The second-order valence-electron chi connectivity index (χ2n) is 5.69. The molecule has 0 heteroatoms. The minimum absolute atomic E-state index is 1.26. The molecule has 2 rings (SSSR count). The molecular formula is C18H26. The molecule has 0 saturated heterocycles. The normalized spacial score (nSPS) is 15.6. The van der Waals surface area contributed by atoms with Crippen LogP contribution in [-0.4, -0.2) is 0 Å². The highest BCUT2D eigenvalue weighted by molar-refractivity contribution is 5.33. The molecule has 0 amide bonds. The highest BCUT2D eigenvalue weighted by Gasteiger charge is 2.05. The fourth-order valence-electron chi connectivity index (χ4n) is 3.03. The van der Waals surface area contributed by atoms with Gasteiger partial charge in [0.1, 0.15) is 0 Å². The third kappa shape index (κ3) is 3.73. The standard InChI is InChI=1S/C18H26/c1-15-9-8-10-16(2)18(15)14-7-6-13-17-11-4-3-5-12-17/h8-11H,3-7,12-14H2,1-2H3. The van der Waals surface area contributed by atoms with Crippen LogP contribution in [0.5, 0.6) is 0 Å². The largest absolute Gasteiger partial charge is 0.0853 e. The predicted octanol–water partition coefficient (Wildman–Crippen LogP) is 5.52. The van der Waals surface area contributed by atoms with E-state index in [0.717, 1.165) is 0 Å². The van der Waals surface area contributed by atoms with E-state index in [2.05, 4.69) is 38.1 Å². The summed E-state index contributed by atoms with van der Waals surface area (Å²) >= 11 is 0. The van der Waals surface area contributed by atoms with Crippen molar-refractivity contribution >= 4 is 0 Å². The first-order valence-electron chi connectivity index (χ1n) is 7.50. The number of rotatable bonds is 5. The minimum Gasteiger partial charge on any atom is -0.0853 e. The number of aryl methyl sites for hydroxylation is 2. The van der Waals surface area contributed by atoms with Crippen molar-refractivity contribution in [2.75, 3.05) is 0 Å². The lowest BCUT2D eigenvalue weighted by Gasteiger charge is -2.13. The van der Waals surface area contributed by atoms with Crippen molar-refractivity contribution in [1.29, 1.82) is 0 Å². The first kappa shape index (κ1) is 13.4. The Morgan fingerprint density at radius 3 is 2.33 bits per heavy atom.